The van der Waals surface area contributed by atoms with E-state index < -0.39 is 22.3 Å². The number of methoxy groups -OCH3 is 1. The molecule has 0 heterocycles. The topological polar surface area (TPSA) is 95.5 Å². The molecular formula is C12H17ClN2O4. The van der Waals surface area contributed by atoms with Gasteiger partial charge in [-0.05, 0) is 13.8 Å². The number of para-hydroxylation sites is 1. The molecule has 1 atom stereocenters. The second-order valence-electron chi connectivity index (χ2n) is 4.51. The third-order valence-electron chi connectivity index (χ3n) is 2.96. The standard InChI is InChI=1S/C12H16N2O4.ClH/c1-12(2,11(15)18-3)10(13)8-6-4-5-7-9(8)14(16)17;/h4-7,10H,13H2,1-3H3;1H/t10-;/m0./s1. The third kappa shape index (κ3) is 3.42. The van der Waals surface area contributed by atoms with Crippen molar-refractivity contribution >= 4 is 24.1 Å². The highest BCUT2D eigenvalue weighted by molar-refractivity contribution is 5.85. The summed E-state index contributed by atoms with van der Waals surface area (Å²) in [7, 11) is 1.26. The molecule has 1 rings (SSSR count). The van der Waals surface area contributed by atoms with Crippen LogP contribution < -0.4 is 5.73 Å². The van der Waals surface area contributed by atoms with Crippen LogP contribution in [0.2, 0.25) is 0 Å². The number of nitrogens with two attached hydrogens (primary N) is 1. The monoisotopic (exact) mass is 288 g/mol. The van der Waals surface area contributed by atoms with Crippen LogP contribution in [0.15, 0.2) is 24.3 Å². The Labute approximate surface area is 117 Å². The summed E-state index contributed by atoms with van der Waals surface area (Å²) in [5, 5.41) is 10.9. The lowest BCUT2D eigenvalue weighted by Crippen LogP contribution is -2.37. The normalized spacial score (nSPS) is 12.2. The zero-order valence-corrected chi connectivity index (χ0v) is 11.8. The van der Waals surface area contributed by atoms with Crippen molar-refractivity contribution in [2.24, 2.45) is 11.1 Å². The first kappa shape index (κ1) is 17.3. The van der Waals surface area contributed by atoms with Gasteiger partial charge in [-0.3, -0.25) is 14.9 Å². The van der Waals surface area contributed by atoms with Gasteiger partial charge in [0.1, 0.15) is 0 Å². The van der Waals surface area contributed by atoms with Crippen LogP contribution in [0, 0.1) is 15.5 Å². The van der Waals surface area contributed by atoms with Gasteiger partial charge >= 0.3 is 5.97 Å². The lowest BCUT2D eigenvalue weighted by atomic mass is 9.80. The van der Waals surface area contributed by atoms with E-state index in [1.807, 2.05) is 0 Å². The molecule has 0 saturated carbocycles. The molecule has 106 valence electrons. The fraction of sp³-hybridized carbons (Fsp3) is 0.417. The lowest BCUT2D eigenvalue weighted by molar-refractivity contribution is -0.385. The van der Waals surface area contributed by atoms with Crippen molar-refractivity contribution in [3.8, 4) is 0 Å². The molecule has 0 aliphatic heterocycles. The highest BCUT2D eigenvalue weighted by Crippen LogP contribution is 2.36. The molecule has 0 fully saturated rings. The predicted octanol–water partition coefficient (Wildman–Crippen LogP) is 2.22. The van der Waals surface area contributed by atoms with Crippen molar-refractivity contribution in [2.45, 2.75) is 19.9 Å². The Morgan fingerprint density at radius 3 is 2.42 bits per heavy atom. The number of carbonyl (C=O) groups is 1. The average Bonchev–Trinajstić information content (AvgIpc) is 2.36. The Hall–Kier alpha value is -1.66. The van der Waals surface area contributed by atoms with Gasteiger partial charge < -0.3 is 10.5 Å². The Kier molecular flexibility index (Phi) is 5.92. The molecule has 0 aromatic heterocycles. The molecular weight excluding hydrogens is 272 g/mol. The minimum absolute atomic E-state index is 0. The molecule has 7 heteroatoms. The Bertz CT molecular complexity index is 477. The Balaban J connectivity index is 0.00000324. The van der Waals surface area contributed by atoms with Gasteiger partial charge in [0.15, 0.2) is 0 Å². The van der Waals surface area contributed by atoms with Crippen LogP contribution in [0.3, 0.4) is 0 Å². The average molecular weight is 289 g/mol. The van der Waals surface area contributed by atoms with Crippen molar-refractivity contribution < 1.29 is 14.5 Å². The van der Waals surface area contributed by atoms with Crippen LogP contribution in [-0.2, 0) is 9.53 Å². The number of halogens is 1. The molecule has 1 aromatic rings. The van der Waals surface area contributed by atoms with Gasteiger partial charge in [-0.2, -0.15) is 0 Å². The van der Waals surface area contributed by atoms with Gasteiger partial charge in [-0.25, -0.2) is 0 Å². The molecule has 0 unspecified atom stereocenters. The molecule has 6 nitrogen and oxygen atoms in total. The van der Waals surface area contributed by atoms with Crippen molar-refractivity contribution in [1.82, 2.24) is 0 Å². The van der Waals surface area contributed by atoms with E-state index in [1.165, 1.54) is 13.2 Å². The first-order chi connectivity index (χ1) is 8.32. The quantitative estimate of drug-likeness (QED) is 0.520. The van der Waals surface area contributed by atoms with Gasteiger partial charge in [-0.15, -0.1) is 12.4 Å². The molecule has 0 bridgehead atoms. The second-order valence-corrected chi connectivity index (χ2v) is 4.51. The van der Waals surface area contributed by atoms with Crippen LogP contribution in [-0.4, -0.2) is 18.0 Å². The van der Waals surface area contributed by atoms with Gasteiger partial charge in [0.25, 0.3) is 5.69 Å². The van der Waals surface area contributed by atoms with E-state index in [9.17, 15) is 14.9 Å². The van der Waals surface area contributed by atoms with Crippen LogP contribution in [0.1, 0.15) is 25.5 Å². The summed E-state index contributed by atoms with van der Waals surface area (Å²) in [6.07, 6.45) is 0. The summed E-state index contributed by atoms with van der Waals surface area (Å²) in [6, 6.07) is 5.30. The van der Waals surface area contributed by atoms with E-state index in [2.05, 4.69) is 4.74 Å². The highest BCUT2D eigenvalue weighted by Gasteiger charge is 2.39. The molecule has 0 aliphatic carbocycles. The van der Waals surface area contributed by atoms with E-state index in [1.54, 1.807) is 32.0 Å². The van der Waals surface area contributed by atoms with Crippen LogP contribution >= 0.6 is 12.4 Å². The van der Waals surface area contributed by atoms with Crippen molar-refractivity contribution in [1.29, 1.82) is 0 Å². The van der Waals surface area contributed by atoms with E-state index in [0.29, 0.717) is 5.56 Å². The number of ether oxygens (including phenoxy) is 1. The summed E-state index contributed by atoms with van der Waals surface area (Å²) >= 11 is 0. The maximum absolute atomic E-state index is 11.7. The first-order valence-electron chi connectivity index (χ1n) is 5.39. The predicted molar refractivity (Wildman–Crippen MR) is 73.1 cm³/mol. The third-order valence-corrected chi connectivity index (χ3v) is 2.96. The molecule has 0 amide bonds. The fourth-order valence-corrected chi connectivity index (χ4v) is 1.70. The number of benzene rings is 1. The minimum Gasteiger partial charge on any atom is -0.469 e. The van der Waals surface area contributed by atoms with E-state index in [0.717, 1.165) is 0 Å². The maximum atomic E-state index is 11.7. The molecule has 1 aromatic carbocycles. The largest absolute Gasteiger partial charge is 0.469 e. The number of hydrogen-bond acceptors (Lipinski definition) is 5. The molecule has 0 saturated heterocycles. The number of nitro benzene ring substituents is 1. The van der Waals surface area contributed by atoms with Crippen molar-refractivity contribution in [2.75, 3.05) is 7.11 Å². The van der Waals surface area contributed by atoms with Crippen LogP contribution in [0.5, 0.6) is 0 Å². The SMILES string of the molecule is COC(=O)C(C)(C)[C@@H](N)c1ccccc1[N+](=O)[O-].Cl. The number of nitro groups is 1. The summed E-state index contributed by atoms with van der Waals surface area (Å²) in [6.45, 7) is 3.19. The fourth-order valence-electron chi connectivity index (χ4n) is 1.70. The molecule has 0 radical (unpaired) electrons. The van der Waals surface area contributed by atoms with Gasteiger partial charge in [-0.1, -0.05) is 18.2 Å². The number of rotatable bonds is 4. The Morgan fingerprint density at radius 2 is 1.95 bits per heavy atom. The first-order valence-corrected chi connectivity index (χ1v) is 5.39. The van der Waals surface area contributed by atoms with Crippen LogP contribution in [0.4, 0.5) is 5.69 Å². The second kappa shape index (κ2) is 6.49. The molecule has 0 spiro atoms. The summed E-state index contributed by atoms with van der Waals surface area (Å²) in [4.78, 5) is 22.1. The van der Waals surface area contributed by atoms with Gasteiger partial charge in [0.05, 0.1) is 23.5 Å². The molecule has 0 aliphatic rings. The number of esters is 1. The van der Waals surface area contributed by atoms with Crippen molar-refractivity contribution in [3.63, 3.8) is 0 Å². The lowest BCUT2D eigenvalue weighted by Gasteiger charge is -2.28. The zero-order chi connectivity index (χ0) is 13.9. The summed E-state index contributed by atoms with van der Waals surface area (Å²) < 4.78 is 4.67. The minimum atomic E-state index is -1.04. The molecule has 19 heavy (non-hydrogen) atoms. The van der Waals surface area contributed by atoms with E-state index in [4.69, 9.17) is 5.73 Å². The number of nitrogens with zero attached hydrogens (tertiary/aromatic N) is 1. The highest BCUT2D eigenvalue weighted by atomic mass is 35.5. The maximum Gasteiger partial charge on any atom is 0.313 e. The number of hydrogen-bond donors (Lipinski definition) is 1. The number of carbonyl (C=O) groups excluding carboxylic acids is 1. The van der Waals surface area contributed by atoms with E-state index in [-0.39, 0.29) is 18.1 Å². The van der Waals surface area contributed by atoms with E-state index >= 15 is 0 Å². The Morgan fingerprint density at radius 1 is 1.42 bits per heavy atom. The molecule has 2 N–H and O–H groups in total. The summed E-state index contributed by atoms with van der Waals surface area (Å²) in [5.74, 6) is -0.506. The van der Waals surface area contributed by atoms with Gasteiger partial charge in [0.2, 0.25) is 0 Å². The van der Waals surface area contributed by atoms with Crippen LogP contribution in [0.25, 0.3) is 0 Å². The van der Waals surface area contributed by atoms with Gasteiger partial charge in [0, 0.05) is 11.6 Å². The smallest absolute Gasteiger partial charge is 0.313 e. The summed E-state index contributed by atoms with van der Waals surface area (Å²) in [5.41, 5.74) is 5.16. The zero-order valence-electron chi connectivity index (χ0n) is 11.0. The van der Waals surface area contributed by atoms with Crippen molar-refractivity contribution in [3.05, 3.63) is 39.9 Å².